The summed E-state index contributed by atoms with van der Waals surface area (Å²) < 4.78 is 0. The summed E-state index contributed by atoms with van der Waals surface area (Å²) in [5, 5.41) is 0. The molecule has 1 heterocycles. The van der Waals surface area contributed by atoms with Crippen LogP contribution in [-0.4, -0.2) is 72.0 Å². The van der Waals surface area contributed by atoms with Crippen LogP contribution in [0.25, 0.3) is 0 Å². The van der Waals surface area contributed by atoms with Crippen molar-refractivity contribution in [3.63, 3.8) is 0 Å². The molecule has 2 rings (SSSR count). The Balaban J connectivity index is 1.73. The number of hydrogen-bond donors (Lipinski definition) is 0. The van der Waals surface area contributed by atoms with Crippen LogP contribution in [-0.2, 0) is 11.2 Å². The second kappa shape index (κ2) is 9.19. The number of hydrogen-bond acceptors (Lipinski definition) is 3. The van der Waals surface area contributed by atoms with Gasteiger partial charge in [0.1, 0.15) is 0 Å². The first-order chi connectivity index (χ1) is 11.5. The Labute approximate surface area is 147 Å². The molecule has 134 valence electrons. The van der Waals surface area contributed by atoms with Crippen LogP contribution in [0.15, 0.2) is 30.3 Å². The number of carbonyl (C=O) groups excluding carboxylic acids is 1. The molecule has 1 saturated heterocycles. The summed E-state index contributed by atoms with van der Waals surface area (Å²) >= 11 is 0. The fourth-order valence-electron chi connectivity index (χ4n) is 3.55. The van der Waals surface area contributed by atoms with Crippen molar-refractivity contribution in [3.05, 3.63) is 35.9 Å². The molecule has 0 aromatic heterocycles. The normalized spacial score (nSPS) is 16.8. The Morgan fingerprint density at radius 3 is 2.04 bits per heavy atom. The number of benzene rings is 1. The third kappa shape index (κ3) is 5.60. The minimum atomic E-state index is 0.262. The molecule has 1 aliphatic rings. The summed E-state index contributed by atoms with van der Waals surface area (Å²) in [5.41, 5.74) is 1.40. The van der Waals surface area contributed by atoms with Gasteiger partial charge in [0.05, 0.1) is 6.54 Å². The highest BCUT2D eigenvalue weighted by Crippen LogP contribution is 2.09. The van der Waals surface area contributed by atoms with Crippen LogP contribution in [0, 0.1) is 0 Å². The van der Waals surface area contributed by atoms with E-state index in [4.69, 9.17) is 0 Å². The quantitative estimate of drug-likeness (QED) is 0.768. The molecular formula is C20H33N3O. The summed E-state index contributed by atoms with van der Waals surface area (Å²) in [6, 6.07) is 11.2. The van der Waals surface area contributed by atoms with Gasteiger partial charge in [-0.3, -0.25) is 9.69 Å². The van der Waals surface area contributed by atoms with Crippen molar-refractivity contribution in [2.75, 3.05) is 39.3 Å². The van der Waals surface area contributed by atoms with Crippen molar-refractivity contribution in [1.82, 2.24) is 14.7 Å². The van der Waals surface area contributed by atoms with Gasteiger partial charge in [-0.1, -0.05) is 30.3 Å². The van der Waals surface area contributed by atoms with Gasteiger partial charge in [-0.15, -0.1) is 0 Å². The zero-order chi connectivity index (χ0) is 17.5. The van der Waals surface area contributed by atoms with Crippen LogP contribution >= 0.6 is 0 Å². The van der Waals surface area contributed by atoms with E-state index in [1.54, 1.807) is 0 Å². The third-order valence-corrected chi connectivity index (χ3v) is 4.78. The molecular weight excluding hydrogens is 298 g/mol. The van der Waals surface area contributed by atoms with E-state index in [1.807, 2.05) is 4.90 Å². The van der Waals surface area contributed by atoms with Crippen molar-refractivity contribution in [2.24, 2.45) is 0 Å². The largest absolute Gasteiger partial charge is 0.337 e. The minimum Gasteiger partial charge on any atom is -0.337 e. The van der Waals surface area contributed by atoms with Gasteiger partial charge in [-0.05, 0) is 39.7 Å². The molecule has 0 unspecified atom stereocenters. The second-order valence-corrected chi connectivity index (χ2v) is 7.34. The number of piperazine rings is 1. The van der Waals surface area contributed by atoms with Crippen molar-refractivity contribution in [2.45, 2.75) is 46.2 Å². The van der Waals surface area contributed by atoms with Crippen LogP contribution in [0.1, 0.15) is 33.3 Å². The highest BCUT2D eigenvalue weighted by molar-refractivity contribution is 5.78. The van der Waals surface area contributed by atoms with E-state index in [0.717, 1.165) is 39.1 Å². The van der Waals surface area contributed by atoms with Crippen LogP contribution in [0.4, 0.5) is 0 Å². The Bertz CT molecular complexity index is 485. The molecule has 4 heteroatoms. The van der Waals surface area contributed by atoms with E-state index in [-0.39, 0.29) is 18.0 Å². The van der Waals surface area contributed by atoms with Crippen LogP contribution in [0.3, 0.4) is 0 Å². The molecule has 1 aromatic rings. The fourth-order valence-corrected chi connectivity index (χ4v) is 3.55. The lowest BCUT2D eigenvalue weighted by atomic mass is 10.1. The monoisotopic (exact) mass is 331 g/mol. The van der Waals surface area contributed by atoms with Gasteiger partial charge in [-0.25, -0.2) is 0 Å². The molecule has 0 N–H and O–H groups in total. The van der Waals surface area contributed by atoms with Crippen molar-refractivity contribution >= 4 is 5.91 Å². The standard InChI is InChI=1S/C20H33N3O/c1-17(2)23(18(3)4)20(24)16-22-14-12-21(13-15-22)11-10-19-8-6-5-7-9-19/h5-9,17-18H,10-16H2,1-4H3. The molecule has 24 heavy (non-hydrogen) atoms. The SMILES string of the molecule is CC(C)N(C(=O)CN1CCN(CCc2ccccc2)CC1)C(C)C. The lowest BCUT2D eigenvalue weighted by Gasteiger charge is -2.37. The highest BCUT2D eigenvalue weighted by atomic mass is 16.2. The molecule has 0 spiro atoms. The molecule has 1 fully saturated rings. The van der Waals surface area contributed by atoms with Gasteiger partial charge in [-0.2, -0.15) is 0 Å². The van der Waals surface area contributed by atoms with Gasteiger partial charge in [0.15, 0.2) is 0 Å². The Hall–Kier alpha value is -1.39. The van der Waals surface area contributed by atoms with Gasteiger partial charge in [0.2, 0.25) is 5.91 Å². The van der Waals surface area contributed by atoms with Gasteiger partial charge >= 0.3 is 0 Å². The van der Waals surface area contributed by atoms with E-state index < -0.39 is 0 Å². The van der Waals surface area contributed by atoms with Gasteiger partial charge in [0, 0.05) is 44.8 Å². The summed E-state index contributed by atoms with van der Waals surface area (Å²) in [6.07, 6.45) is 1.11. The first-order valence-corrected chi connectivity index (χ1v) is 9.27. The van der Waals surface area contributed by atoms with Crippen LogP contribution < -0.4 is 0 Å². The first kappa shape index (κ1) is 18.9. The summed E-state index contributed by atoms with van der Waals surface area (Å²) in [6.45, 7) is 14.2. The third-order valence-electron chi connectivity index (χ3n) is 4.78. The molecule has 4 nitrogen and oxygen atoms in total. The number of rotatable bonds is 7. The average molecular weight is 332 g/mol. The predicted octanol–water partition coefficient (Wildman–Crippen LogP) is 2.49. The first-order valence-electron chi connectivity index (χ1n) is 9.27. The van der Waals surface area contributed by atoms with Crippen molar-refractivity contribution in [3.8, 4) is 0 Å². The predicted molar refractivity (Wildman–Crippen MR) is 100 cm³/mol. The number of carbonyl (C=O) groups is 1. The fraction of sp³-hybridized carbons (Fsp3) is 0.650. The van der Waals surface area contributed by atoms with E-state index in [0.29, 0.717) is 6.54 Å². The Morgan fingerprint density at radius 1 is 0.958 bits per heavy atom. The van der Waals surface area contributed by atoms with Gasteiger partial charge < -0.3 is 9.80 Å². The molecule has 0 atom stereocenters. The zero-order valence-electron chi connectivity index (χ0n) is 15.7. The lowest BCUT2D eigenvalue weighted by molar-refractivity contribution is -0.136. The zero-order valence-corrected chi connectivity index (χ0v) is 15.7. The summed E-state index contributed by atoms with van der Waals surface area (Å²) in [7, 11) is 0. The Morgan fingerprint density at radius 2 is 1.50 bits per heavy atom. The number of amides is 1. The molecule has 0 aliphatic carbocycles. The van der Waals surface area contributed by atoms with E-state index in [9.17, 15) is 4.79 Å². The van der Waals surface area contributed by atoms with E-state index in [1.165, 1.54) is 5.56 Å². The minimum absolute atomic E-state index is 0.262. The maximum Gasteiger partial charge on any atom is 0.237 e. The molecule has 0 radical (unpaired) electrons. The molecule has 1 aromatic carbocycles. The molecule has 1 amide bonds. The van der Waals surface area contributed by atoms with Crippen LogP contribution in [0.5, 0.6) is 0 Å². The summed E-state index contributed by atoms with van der Waals surface area (Å²) in [4.78, 5) is 19.4. The van der Waals surface area contributed by atoms with Gasteiger partial charge in [0.25, 0.3) is 0 Å². The molecule has 1 aliphatic heterocycles. The number of nitrogens with zero attached hydrogens (tertiary/aromatic N) is 3. The van der Waals surface area contributed by atoms with E-state index >= 15 is 0 Å². The second-order valence-electron chi connectivity index (χ2n) is 7.34. The van der Waals surface area contributed by atoms with Crippen LogP contribution in [0.2, 0.25) is 0 Å². The lowest BCUT2D eigenvalue weighted by Crippen LogP contribution is -2.52. The van der Waals surface area contributed by atoms with Crippen molar-refractivity contribution in [1.29, 1.82) is 0 Å². The molecule has 0 saturated carbocycles. The maximum atomic E-state index is 12.6. The molecule has 0 bridgehead atoms. The maximum absolute atomic E-state index is 12.6. The smallest absolute Gasteiger partial charge is 0.237 e. The summed E-state index contributed by atoms with van der Waals surface area (Å²) in [5.74, 6) is 0.262. The van der Waals surface area contributed by atoms with Crippen molar-refractivity contribution < 1.29 is 4.79 Å². The van der Waals surface area contributed by atoms with E-state index in [2.05, 4.69) is 67.8 Å². The highest BCUT2D eigenvalue weighted by Gasteiger charge is 2.24. The average Bonchev–Trinajstić information content (AvgIpc) is 2.54. The topological polar surface area (TPSA) is 26.8 Å². The Kier molecular flexibility index (Phi) is 7.25.